The lowest BCUT2D eigenvalue weighted by Crippen LogP contribution is -2.34. The van der Waals surface area contributed by atoms with E-state index >= 15 is 0 Å². The number of likely N-dealkylation sites (tertiary alicyclic amines) is 1. The van der Waals surface area contributed by atoms with Crippen molar-refractivity contribution in [3.63, 3.8) is 0 Å². The number of rotatable bonds is 4. The molecule has 1 saturated heterocycles. The molecule has 0 saturated carbocycles. The predicted molar refractivity (Wildman–Crippen MR) is 73.8 cm³/mol. The molecule has 1 aliphatic heterocycles. The SMILES string of the molecule is O=C(NCCC(=O)N1CCCC1)Nc1ccc(F)c(F)c1F. The van der Waals surface area contributed by atoms with E-state index in [-0.39, 0.29) is 18.9 Å². The molecule has 0 aliphatic carbocycles. The Labute approximate surface area is 125 Å². The van der Waals surface area contributed by atoms with Crippen molar-refractivity contribution in [2.75, 3.05) is 25.0 Å². The Morgan fingerprint density at radius 1 is 1.09 bits per heavy atom. The highest BCUT2D eigenvalue weighted by Crippen LogP contribution is 2.19. The van der Waals surface area contributed by atoms with Gasteiger partial charge in [0.15, 0.2) is 17.5 Å². The Morgan fingerprint density at radius 3 is 2.45 bits per heavy atom. The number of nitrogens with zero attached hydrogens (tertiary/aromatic N) is 1. The van der Waals surface area contributed by atoms with Crippen molar-refractivity contribution in [3.05, 3.63) is 29.6 Å². The van der Waals surface area contributed by atoms with Gasteiger partial charge in [0.2, 0.25) is 5.91 Å². The number of nitrogens with one attached hydrogen (secondary N) is 2. The van der Waals surface area contributed by atoms with Gasteiger partial charge in [0.25, 0.3) is 0 Å². The van der Waals surface area contributed by atoms with Crippen LogP contribution in [0.4, 0.5) is 23.7 Å². The second-order valence-electron chi connectivity index (χ2n) is 4.94. The molecule has 0 radical (unpaired) electrons. The third-order valence-corrected chi connectivity index (χ3v) is 3.37. The van der Waals surface area contributed by atoms with Gasteiger partial charge in [-0.15, -0.1) is 0 Å². The number of hydrogen-bond donors (Lipinski definition) is 2. The number of halogens is 3. The lowest BCUT2D eigenvalue weighted by Gasteiger charge is -2.15. The van der Waals surface area contributed by atoms with Crippen LogP contribution in [0.2, 0.25) is 0 Å². The largest absolute Gasteiger partial charge is 0.343 e. The number of anilines is 1. The average molecular weight is 315 g/mol. The Balaban J connectivity index is 1.78. The summed E-state index contributed by atoms with van der Waals surface area (Å²) in [5.41, 5.74) is -0.470. The minimum atomic E-state index is -1.65. The van der Waals surface area contributed by atoms with Gasteiger partial charge in [-0.05, 0) is 25.0 Å². The van der Waals surface area contributed by atoms with Crippen LogP contribution >= 0.6 is 0 Å². The lowest BCUT2D eigenvalue weighted by atomic mass is 10.3. The first kappa shape index (κ1) is 16.1. The molecule has 0 atom stereocenters. The standard InChI is InChI=1S/C14H16F3N3O2/c15-9-3-4-10(13(17)12(9)16)19-14(22)18-6-5-11(21)20-7-1-2-8-20/h3-4H,1-2,5-8H2,(H2,18,19,22). The first-order chi connectivity index (χ1) is 10.5. The zero-order valence-corrected chi connectivity index (χ0v) is 11.8. The topological polar surface area (TPSA) is 61.4 Å². The third-order valence-electron chi connectivity index (χ3n) is 3.37. The van der Waals surface area contributed by atoms with E-state index in [9.17, 15) is 22.8 Å². The zero-order valence-electron chi connectivity index (χ0n) is 11.8. The molecule has 1 fully saturated rings. The molecule has 0 aromatic heterocycles. The summed E-state index contributed by atoms with van der Waals surface area (Å²) in [6.07, 6.45) is 2.10. The average Bonchev–Trinajstić information content (AvgIpc) is 3.02. The fourth-order valence-corrected chi connectivity index (χ4v) is 2.20. The van der Waals surface area contributed by atoms with E-state index in [0.717, 1.165) is 32.0 Å². The van der Waals surface area contributed by atoms with Crippen LogP contribution in [-0.4, -0.2) is 36.5 Å². The molecule has 120 valence electrons. The van der Waals surface area contributed by atoms with Gasteiger partial charge in [-0.25, -0.2) is 18.0 Å². The monoisotopic (exact) mass is 315 g/mol. The van der Waals surface area contributed by atoms with Crippen molar-refractivity contribution in [2.45, 2.75) is 19.3 Å². The van der Waals surface area contributed by atoms with Crippen molar-refractivity contribution in [2.24, 2.45) is 0 Å². The van der Waals surface area contributed by atoms with E-state index in [1.807, 2.05) is 0 Å². The summed E-state index contributed by atoms with van der Waals surface area (Å²) in [5.74, 6) is -4.51. The highest BCUT2D eigenvalue weighted by Gasteiger charge is 2.18. The van der Waals surface area contributed by atoms with Crippen molar-refractivity contribution < 1.29 is 22.8 Å². The van der Waals surface area contributed by atoms with Crippen LogP contribution in [0.3, 0.4) is 0 Å². The molecule has 1 aromatic carbocycles. The molecule has 22 heavy (non-hydrogen) atoms. The van der Waals surface area contributed by atoms with Gasteiger partial charge < -0.3 is 15.5 Å². The van der Waals surface area contributed by atoms with Crippen LogP contribution in [0, 0.1) is 17.5 Å². The van der Waals surface area contributed by atoms with Gasteiger partial charge in [-0.2, -0.15) is 0 Å². The maximum absolute atomic E-state index is 13.4. The molecule has 0 spiro atoms. The molecule has 2 rings (SSSR count). The summed E-state index contributed by atoms with van der Waals surface area (Å²) in [6, 6.07) is 0.840. The molecule has 0 unspecified atom stereocenters. The molecule has 8 heteroatoms. The first-order valence-electron chi connectivity index (χ1n) is 6.95. The summed E-state index contributed by atoms with van der Waals surface area (Å²) in [4.78, 5) is 25.0. The smallest absolute Gasteiger partial charge is 0.319 e. The Hall–Kier alpha value is -2.25. The summed E-state index contributed by atoms with van der Waals surface area (Å²) in [7, 11) is 0. The number of benzene rings is 1. The minimum Gasteiger partial charge on any atom is -0.343 e. The quantitative estimate of drug-likeness (QED) is 0.837. The van der Waals surface area contributed by atoms with Gasteiger partial charge in [0.1, 0.15) is 0 Å². The van der Waals surface area contributed by atoms with Crippen LogP contribution in [0.15, 0.2) is 12.1 Å². The van der Waals surface area contributed by atoms with Gasteiger partial charge >= 0.3 is 6.03 Å². The second-order valence-corrected chi connectivity index (χ2v) is 4.94. The van der Waals surface area contributed by atoms with Crippen LogP contribution in [0.5, 0.6) is 0 Å². The lowest BCUT2D eigenvalue weighted by molar-refractivity contribution is -0.129. The molecule has 3 amide bonds. The predicted octanol–water partition coefficient (Wildman–Crippen LogP) is 2.24. The normalized spacial score (nSPS) is 14.0. The maximum atomic E-state index is 13.4. The third kappa shape index (κ3) is 3.90. The first-order valence-corrected chi connectivity index (χ1v) is 6.95. The summed E-state index contributed by atoms with van der Waals surface area (Å²) < 4.78 is 39.1. The van der Waals surface area contributed by atoms with Gasteiger partial charge in [-0.3, -0.25) is 4.79 Å². The van der Waals surface area contributed by atoms with E-state index in [0.29, 0.717) is 6.07 Å². The van der Waals surface area contributed by atoms with Crippen LogP contribution in [-0.2, 0) is 4.79 Å². The van der Waals surface area contributed by atoms with Gasteiger partial charge in [-0.1, -0.05) is 0 Å². The summed E-state index contributed by atoms with van der Waals surface area (Å²) in [5, 5.41) is 4.43. The molecule has 1 aliphatic rings. The van der Waals surface area contributed by atoms with Crippen LogP contribution < -0.4 is 10.6 Å². The summed E-state index contributed by atoms with van der Waals surface area (Å²) in [6.45, 7) is 1.53. The van der Waals surface area contributed by atoms with Gasteiger partial charge in [0.05, 0.1) is 5.69 Å². The molecule has 2 N–H and O–H groups in total. The fraction of sp³-hybridized carbons (Fsp3) is 0.429. The van der Waals surface area contributed by atoms with E-state index in [2.05, 4.69) is 10.6 Å². The number of carbonyl (C=O) groups is 2. The number of hydrogen-bond acceptors (Lipinski definition) is 2. The molecule has 1 heterocycles. The Morgan fingerprint density at radius 2 is 1.77 bits per heavy atom. The van der Waals surface area contributed by atoms with E-state index < -0.39 is 29.2 Å². The summed E-state index contributed by atoms with van der Waals surface area (Å²) >= 11 is 0. The van der Waals surface area contributed by atoms with Crippen molar-refractivity contribution in [1.29, 1.82) is 0 Å². The Kier molecular flexibility index (Phi) is 5.24. The van der Waals surface area contributed by atoms with E-state index in [4.69, 9.17) is 0 Å². The number of amides is 3. The van der Waals surface area contributed by atoms with Crippen molar-refractivity contribution >= 4 is 17.6 Å². The second kappa shape index (κ2) is 7.15. The molecular weight excluding hydrogens is 299 g/mol. The van der Waals surface area contributed by atoms with Crippen LogP contribution in [0.25, 0.3) is 0 Å². The Bertz CT molecular complexity index is 575. The van der Waals surface area contributed by atoms with Crippen LogP contribution in [0.1, 0.15) is 19.3 Å². The fourth-order valence-electron chi connectivity index (χ4n) is 2.20. The minimum absolute atomic E-state index is 0.0585. The maximum Gasteiger partial charge on any atom is 0.319 e. The number of carbonyl (C=O) groups excluding carboxylic acids is 2. The van der Waals surface area contributed by atoms with E-state index in [1.165, 1.54) is 0 Å². The van der Waals surface area contributed by atoms with E-state index in [1.54, 1.807) is 4.90 Å². The highest BCUT2D eigenvalue weighted by atomic mass is 19.2. The van der Waals surface area contributed by atoms with Crippen molar-refractivity contribution in [1.82, 2.24) is 10.2 Å². The molecule has 5 nitrogen and oxygen atoms in total. The van der Waals surface area contributed by atoms with Crippen molar-refractivity contribution in [3.8, 4) is 0 Å². The zero-order chi connectivity index (χ0) is 16.1. The molecular formula is C14H16F3N3O2. The molecule has 0 bridgehead atoms. The van der Waals surface area contributed by atoms with Gasteiger partial charge in [0, 0.05) is 26.1 Å². The molecule has 1 aromatic rings. The number of urea groups is 1. The highest BCUT2D eigenvalue weighted by molar-refractivity contribution is 5.89.